The Hall–Kier alpha value is -2.14. The second-order valence-electron chi connectivity index (χ2n) is 8.91. The Morgan fingerprint density at radius 3 is 2.45 bits per heavy atom. The van der Waals surface area contributed by atoms with Gasteiger partial charge in [-0.25, -0.2) is 0 Å². The van der Waals surface area contributed by atoms with E-state index in [1.807, 2.05) is 44.7 Å². The van der Waals surface area contributed by atoms with Gasteiger partial charge in [0.1, 0.15) is 5.58 Å². The van der Waals surface area contributed by atoms with Gasteiger partial charge in [-0.3, -0.25) is 4.79 Å². The van der Waals surface area contributed by atoms with E-state index in [2.05, 4.69) is 17.2 Å². The number of hydrogen-bond donors (Lipinski definition) is 2. The first-order valence-corrected chi connectivity index (χ1v) is 10.9. The zero-order chi connectivity index (χ0) is 20.9. The lowest BCUT2D eigenvalue weighted by molar-refractivity contribution is 0.0612. The highest BCUT2D eigenvalue weighted by molar-refractivity contribution is 6.34. The number of rotatable bonds is 3. The minimum Gasteiger partial charge on any atom is -0.450 e. The Morgan fingerprint density at radius 2 is 1.83 bits per heavy atom. The Kier molecular flexibility index (Phi) is 5.06. The zero-order valence-electron chi connectivity index (χ0n) is 17.7. The van der Waals surface area contributed by atoms with Crippen LogP contribution in [0.1, 0.15) is 75.9 Å². The molecule has 1 aromatic heterocycles. The molecule has 4 rings (SSSR count). The number of carbonyl (C=O) groups is 1. The summed E-state index contributed by atoms with van der Waals surface area (Å²) < 4.78 is 6.27. The Bertz CT molecular complexity index is 962. The molecule has 0 atom stereocenters. The monoisotopic (exact) mass is 415 g/mol. The van der Waals surface area contributed by atoms with Gasteiger partial charge < -0.3 is 20.0 Å². The summed E-state index contributed by atoms with van der Waals surface area (Å²) in [4.78, 5) is 15.1. The molecule has 1 amide bonds. The van der Waals surface area contributed by atoms with Gasteiger partial charge in [0, 0.05) is 23.0 Å². The van der Waals surface area contributed by atoms with E-state index in [9.17, 15) is 4.79 Å². The first kappa shape index (κ1) is 20.1. The molecule has 1 aromatic carbocycles. The van der Waals surface area contributed by atoms with Gasteiger partial charge in [-0.05, 0) is 52.7 Å². The van der Waals surface area contributed by atoms with E-state index in [4.69, 9.17) is 16.0 Å². The molecular weight excluding hydrogens is 386 g/mol. The molecule has 2 heterocycles. The molecule has 1 spiro atoms. The number of halogens is 1. The van der Waals surface area contributed by atoms with E-state index in [1.165, 1.54) is 6.42 Å². The first-order chi connectivity index (χ1) is 13.7. The fourth-order valence-electron chi connectivity index (χ4n) is 5.09. The lowest BCUT2D eigenvalue weighted by Crippen LogP contribution is -2.48. The summed E-state index contributed by atoms with van der Waals surface area (Å²) in [5.74, 6) is 1.03. The largest absolute Gasteiger partial charge is 0.450 e. The predicted octanol–water partition coefficient (Wildman–Crippen LogP) is 5.99. The lowest BCUT2D eigenvalue weighted by Gasteiger charge is -2.44. The number of carbonyl (C=O) groups excluding carboxylic acids is 1. The summed E-state index contributed by atoms with van der Waals surface area (Å²) in [7, 11) is 0. The van der Waals surface area contributed by atoms with Gasteiger partial charge in [0.25, 0.3) is 5.91 Å². The van der Waals surface area contributed by atoms with Gasteiger partial charge in [-0.1, -0.05) is 37.4 Å². The van der Waals surface area contributed by atoms with Crippen LogP contribution < -0.4 is 10.6 Å². The predicted molar refractivity (Wildman–Crippen MR) is 118 cm³/mol. The number of benzene rings is 1. The third-order valence-electron chi connectivity index (χ3n) is 6.17. The van der Waals surface area contributed by atoms with Crippen molar-refractivity contribution in [3.63, 3.8) is 0 Å². The lowest BCUT2D eigenvalue weighted by atomic mass is 9.74. The van der Waals surface area contributed by atoms with Crippen LogP contribution in [-0.4, -0.2) is 22.9 Å². The van der Waals surface area contributed by atoms with Crippen LogP contribution in [0.2, 0.25) is 5.02 Å². The summed E-state index contributed by atoms with van der Waals surface area (Å²) in [6, 6.07) is 3.89. The van der Waals surface area contributed by atoms with Gasteiger partial charge in [-0.15, -0.1) is 0 Å². The Labute approximate surface area is 177 Å². The Balaban J connectivity index is 1.90. The SMILES string of the molecule is C=C1Nc2c(Cl)cc3cc(C(=O)N(C(C)C)C(C)C)oc3c2C2(CCCCC2)N1. The summed E-state index contributed by atoms with van der Waals surface area (Å²) in [6.45, 7) is 12.2. The second kappa shape index (κ2) is 7.28. The van der Waals surface area contributed by atoms with Crippen LogP contribution in [0.25, 0.3) is 11.0 Å². The average molecular weight is 416 g/mol. The van der Waals surface area contributed by atoms with Gasteiger partial charge in [0.2, 0.25) is 0 Å². The van der Waals surface area contributed by atoms with Crippen molar-refractivity contribution in [2.75, 3.05) is 5.32 Å². The van der Waals surface area contributed by atoms with E-state index < -0.39 is 0 Å². The molecule has 6 heteroatoms. The maximum Gasteiger partial charge on any atom is 0.290 e. The summed E-state index contributed by atoms with van der Waals surface area (Å²) in [5, 5.41) is 8.38. The molecule has 156 valence electrons. The summed E-state index contributed by atoms with van der Waals surface area (Å²) >= 11 is 6.67. The minimum atomic E-state index is -0.257. The molecule has 2 aromatic rings. The fraction of sp³-hybridized carbons (Fsp3) is 0.522. The second-order valence-corrected chi connectivity index (χ2v) is 9.32. The molecule has 5 nitrogen and oxygen atoms in total. The number of amides is 1. The highest BCUT2D eigenvalue weighted by atomic mass is 35.5. The normalized spacial score (nSPS) is 18.1. The van der Waals surface area contributed by atoms with Crippen LogP contribution in [-0.2, 0) is 5.54 Å². The molecule has 1 aliphatic carbocycles. The molecule has 1 saturated carbocycles. The maximum absolute atomic E-state index is 13.2. The first-order valence-electron chi connectivity index (χ1n) is 10.6. The van der Waals surface area contributed by atoms with Gasteiger partial charge in [-0.2, -0.15) is 0 Å². The third kappa shape index (κ3) is 3.29. The standard InChI is InChI=1S/C23H30ClN3O2/c1-13(2)27(14(3)4)22(28)18-12-16-11-17(24)20-19(21(16)29-18)23(26-15(5)25-20)9-7-6-8-10-23/h11-14,25-26H,5-10H2,1-4H3. The Morgan fingerprint density at radius 1 is 1.17 bits per heavy atom. The van der Waals surface area contributed by atoms with Gasteiger partial charge >= 0.3 is 0 Å². The van der Waals surface area contributed by atoms with Crippen LogP contribution in [0.4, 0.5) is 5.69 Å². The topological polar surface area (TPSA) is 57.5 Å². The molecular formula is C23H30ClN3O2. The van der Waals surface area contributed by atoms with E-state index in [-0.39, 0.29) is 23.5 Å². The van der Waals surface area contributed by atoms with Crippen molar-refractivity contribution < 1.29 is 9.21 Å². The van der Waals surface area contributed by atoms with Crippen LogP contribution in [0.5, 0.6) is 0 Å². The number of hydrogen-bond acceptors (Lipinski definition) is 4. The van der Waals surface area contributed by atoms with Crippen molar-refractivity contribution in [3.8, 4) is 0 Å². The van der Waals surface area contributed by atoms with E-state index in [0.29, 0.717) is 10.8 Å². The number of anilines is 1. The molecule has 2 aliphatic rings. The molecule has 1 fully saturated rings. The highest BCUT2D eigenvalue weighted by Crippen LogP contribution is 2.49. The van der Waals surface area contributed by atoms with Crippen molar-refractivity contribution in [1.29, 1.82) is 0 Å². The summed E-state index contributed by atoms with van der Waals surface area (Å²) in [5.41, 5.74) is 2.37. The number of nitrogens with one attached hydrogen (secondary N) is 2. The molecule has 1 aliphatic heterocycles. The zero-order valence-corrected chi connectivity index (χ0v) is 18.4. The molecule has 0 saturated heterocycles. The third-order valence-corrected chi connectivity index (χ3v) is 6.47. The van der Waals surface area contributed by atoms with Crippen molar-refractivity contribution in [2.24, 2.45) is 0 Å². The van der Waals surface area contributed by atoms with Crippen molar-refractivity contribution in [1.82, 2.24) is 10.2 Å². The van der Waals surface area contributed by atoms with Crippen molar-refractivity contribution in [3.05, 3.63) is 40.9 Å². The molecule has 0 unspecified atom stereocenters. The molecule has 2 N–H and O–H groups in total. The smallest absolute Gasteiger partial charge is 0.290 e. The van der Waals surface area contributed by atoms with E-state index >= 15 is 0 Å². The minimum absolute atomic E-state index is 0.0876. The van der Waals surface area contributed by atoms with Crippen LogP contribution in [0, 0.1) is 0 Å². The fourth-order valence-corrected chi connectivity index (χ4v) is 5.35. The highest BCUT2D eigenvalue weighted by Gasteiger charge is 2.42. The van der Waals surface area contributed by atoms with Crippen molar-refractivity contribution >= 4 is 34.2 Å². The van der Waals surface area contributed by atoms with Gasteiger partial charge in [0.15, 0.2) is 5.76 Å². The van der Waals surface area contributed by atoms with Crippen molar-refractivity contribution in [2.45, 2.75) is 77.4 Å². The van der Waals surface area contributed by atoms with Crippen LogP contribution in [0.3, 0.4) is 0 Å². The maximum atomic E-state index is 13.2. The number of fused-ring (bicyclic) bond motifs is 4. The number of nitrogens with zero attached hydrogens (tertiary/aromatic N) is 1. The van der Waals surface area contributed by atoms with Crippen LogP contribution in [0.15, 0.2) is 28.9 Å². The van der Waals surface area contributed by atoms with E-state index in [0.717, 1.165) is 53.7 Å². The van der Waals surface area contributed by atoms with Gasteiger partial charge in [0.05, 0.1) is 22.1 Å². The molecule has 0 radical (unpaired) electrons. The average Bonchev–Trinajstić information content (AvgIpc) is 3.05. The van der Waals surface area contributed by atoms with E-state index in [1.54, 1.807) is 0 Å². The summed E-state index contributed by atoms with van der Waals surface area (Å²) in [6.07, 6.45) is 5.47. The number of furan rings is 1. The molecule has 0 bridgehead atoms. The quantitative estimate of drug-likeness (QED) is 0.646. The van der Waals surface area contributed by atoms with Crippen LogP contribution >= 0.6 is 11.6 Å². The molecule has 29 heavy (non-hydrogen) atoms.